The lowest BCUT2D eigenvalue weighted by Crippen LogP contribution is -2.53. The fraction of sp³-hybridized carbons (Fsp3) is 0.355. The second-order valence-corrected chi connectivity index (χ2v) is 9.57. The number of hydrogen-bond donors (Lipinski definition) is 1. The Morgan fingerprint density at radius 3 is 2.28 bits per heavy atom. The minimum Gasteiger partial charge on any atom is -0.484 e. The normalized spacial score (nSPS) is 12.5. The number of hydrogen-bond acceptors (Lipinski definition) is 3. The van der Waals surface area contributed by atoms with Gasteiger partial charge in [-0.25, -0.2) is 0 Å². The Morgan fingerprint density at radius 2 is 1.61 bits per heavy atom. The molecule has 36 heavy (non-hydrogen) atoms. The maximum atomic E-state index is 13.7. The van der Waals surface area contributed by atoms with Crippen LogP contribution in [0.1, 0.15) is 48.1 Å². The molecular formula is C31H38N2O3. The molecule has 3 aromatic rings. The highest BCUT2D eigenvalue weighted by Gasteiger charge is 2.31. The summed E-state index contributed by atoms with van der Waals surface area (Å²) in [5.41, 5.74) is 5.35. The molecule has 0 aliphatic carbocycles. The summed E-state index contributed by atoms with van der Waals surface area (Å²) in [5.74, 6) is 0.265. The summed E-state index contributed by atoms with van der Waals surface area (Å²) in [4.78, 5) is 28.9. The largest absolute Gasteiger partial charge is 0.484 e. The van der Waals surface area contributed by atoms with Crippen LogP contribution in [0, 0.1) is 20.8 Å². The number of amides is 2. The summed E-state index contributed by atoms with van der Waals surface area (Å²) < 4.78 is 5.91. The van der Waals surface area contributed by atoms with Crippen molar-refractivity contribution in [2.45, 2.75) is 66.1 Å². The molecule has 0 heterocycles. The van der Waals surface area contributed by atoms with Gasteiger partial charge in [-0.15, -0.1) is 0 Å². The topological polar surface area (TPSA) is 58.6 Å². The third-order valence-corrected chi connectivity index (χ3v) is 6.55. The van der Waals surface area contributed by atoms with Crippen LogP contribution in [0.4, 0.5) is 0 Å². The minimum atomic E-state index is -0.669. The molecular weight excluding hydrogens is 448 g/mol. The molecule has 2 amide bonds. The first-order valence-electron chi connectivity index (χ1n) is 12.7. The maximum Gasteiger partial charge on any atom is 0.261 e. The second kappa shape index (κ2) is 12.9. The first kappa shape index (κ1) is 27.0. The van der Waals surface area contributed by atoms with Crippen molar-refractivity contribution in [3.05, 3.63) is 101 Å². The van der Waals surface area contributed by atoms with Crippen molar-refractivity contribution in [2.24, 2.45) is 0 Å². The van der Waals surface area contributed by atoms with E-state index in [1.54, 1.807) is 4.90 Å². The highest BCUT2D eigenvalue weighted by Crippen LogP contribution is 2.19. The Kier molecular flexibility index (Phi) is 9.69. The van der Waals surface area contributed by atoms with Crippen molar-refractivity contribution < 1.29 is 14.3 Å². The molecule has 3 rings (SSSR count). The quantitative estimate of drug-likeness (QED) is 0.387. The van der Waals surface area contributed by atoms with Crippen molar-refractivity contribution in [3.8, 4) is 5.75 Å². The fourth-order valence-electron chi connectivity index (χ4n) is 4.03. The molecule has 0 spiro atoms. The zero-order chi connectivity index (χ0) is 26.1. The SMILES string of the molecule is CC[C@@H](C)NC(=O)[C@@H](Cc1ccccc1)N(Cc1cccc(C)c1)C(=O)COc1ccc(C)c(C)c1. The van der Waals surface area contributed by atoms with Gasteiger partial charge >= 0.3 is 0 Å². The van der Waals surface area contributed by atoms with E-state index in [9.17, 15) is 9.59 Å². The lowest BCUT2D eigenvalue weighted by molar-refractivity contribution is -0.143. The Bertz CT molecular complexity index is 1160. The molecule has 3 aromatic carbocycles. The summed E-state index contributed by atoms with van der Waals surface area (Å²) in [6.07, 6.45) is 1.23. The molecule has 0 saturated heterocycles. The molecule has 2 atom stereocenters. The van der Waals surface area contributed by atoms with Gasteiger partial charge in [0.05, 0.1) is 0 Å². The molecule has 0 saturated carbocycles. The first-order chi connectivity index (χ1) is 17.3. The number of rotatable bonds is 11. The van der Waals surface area contributed by atoms with E-state index < -0.39 is 6.04 Å². The number of carbonyl (C=O) groups is 2. The molecule has 5 nitrogen and oxygen atoms in total. The van der Waals surface area contributed by atoms with Gasteiger partial charge in [0.1, 0.15) is 11.8 Å². The highest BCUT2D eigenvalue weighted by molar-refractivity contribution is 5.88. The monoisotopic (exact) mass is 486 g/mol. The van der Waals surface area contributed by atoms with E-state index in [2.05, 4.69) is 11.4 Å². The number of benzene rings is 3. The number of carbonyl (C=O) groups excluding carboxylic acids is 2. The molecule has 1 N–H and O–H groups in total. The lowest BCUT2D eigenvalue weighted by atomic mass is 10.0. The molecule has 0 aliphatic heterocycles. The average molecular weight is 487 g/mol. The number of aryl methyl sites for hydroxylation is 3. The zero-order valence-electron chi connectivity index (χ0n) is 22.1. The lowest BCUT2D eigenvalue weighted by Gasteiger charge is -2.32. The van der Waals surface area contributed by atoms with Crippen LogP contribution in [0.3, 0.4) is 0 Å². The van der Waals surface area contributed by atoms with Gasteiger partial charge in [0, 0.05) is 19.0 Å². The van der Waals surface area contributed by atoms with Gasteiger partial charge in [-0.1, -0.05) is 73.2 Å². The fourth-order valence-corrected chi connectivity index (χ4v) is 4.03. The van der Waals surface area contributed by atoms with Crippen molar-refractivity contribution in [1.29, 1.82) is 0 Å². The van der Waals surface area contributed by atoms with Gasteiger partial charge in [-0.2, -0.15) is 0 Å². The predicted molar refractivity (Wildman–Crippen MR) is 145 cm³/mol. The van der Waals surface area contributed by atoms with Gasteiger partial charge < -0.3 is 15.0 Å². The summed E-state index contributed by atoms with van der Waals surface area (Å²) in [6.45, 7) is 10.3. The van der Waals surface area contributed by atoms with Crippen molar-refractivity contribution >= 4 is 11.8 Å². The molecule has 0 aliphatic rings. The van der Waals surface area contributed by atoms with E-state index in [-0.39, 0.29) is 24.5 Å². The highest BCUT2D eigenvalue weighted by atomic mass is 16.5. The minimum absolute atomic E-state index is 0.0125. The molecule has 190 valence electrons. The summed E-state index contributed by atoms with van der Waals surface area (Å²) >= 11 is 0. The van der Waals surface area contributed by atoms with E-state index in [0.29, 0.717) is 18.7 Å². The van der Waals surface area contributed by atoms with Crippen LogP contribution in [0.2, 0.25) is 0 Å². The van der Waals surface area contributed by atoms with Crippen LogP contribution in [0.5, 0.6) is 5.75 Å². The predicted octanol–water partition coefficient (Wildman–Crippen LogP) is 5.55. The van der Waals surface area contributed by atoms with Gasteiger partial charge in [0.15, 0.2) is 6.61 Å². The number of ether oxygens (including phenoxy) is 1. The third-order valence-electron chi connectivity index (χ3n) is 6.55. The Hall–Kier alpha value is -3.60. The van der Waals surface area contributed by atoms with Crippen LogP contribution in [-0.2, 0) is 22.6 Å². The van der Waals surface area contributed by atoms with E-state index >= 15 is 0 Å². The van der Waals surface area contributed by atoms with Crippen molar-refractivity contribution in [2.75, 3.05) is 6.61 Å². The molecule has 0 radical (unpaired) electrons. The van der Waals surface area contributed by atoms with Gasteiger partial charge in [-0.05, 0) is 68.5 Å². The smallest absolute Gasteiger partial charge is 0.261 e. The average Bonchev–Trinajstić information content (AvgIpc) is 2.87. The van der Waals surface area contributed by atoms with Crippen molar-refractivity contribution in [3.63, 3.8) is 0 Å². The number of nitrogens with one attached hydrogen (secondary N) is 1. The van der Waals surface area contributed by atoms with Crippen LogP contribution in [0.25, 0.3) is 0 Å². The Balaban J connectivity index is 1.91. The molecule has 5 heteroatoms. The Morgan fingerprint density at radius 1 is 0.889 bits per heavy atom. The maximum absolute atomic E-state index is 13.7. The standard InChI is InChI=1S/C31H38N2O3/c1-6-25(5)32-31(35)29(19-26-12-8-7-9-13-26)33(20-27-14-10-11-22(2)17-27)30(34)21-36-28-16-15-23(3)24(4)18-28/h7-18,25,29H,6,19-21H2,1-5H3,(H,32,35)/t25-,29-/m1/s1. The van der Waals surface area contributed by atoms with Crippen LogP contribution in [-0.4, -0.2) is 35.4 Å². The third kappa shape index (κ3) is 7.70. The molecule has 0 fully saturated rings. The van der Waals surface area contributed by atoms with E-state index in [1.807, 2.05) is 101 Å². The summed E-state index contributed by atoms with van der Waals surface area (Å²) in [5, 5.41) is 3.10. The van der Waals surface area contributed by atoms with Crippen LogP contribution < -0.4 is 10.1 Å². The van der Waals surface area contributed by atoms with Crippen LogP contribution in [0.15, 0.2) is 72.8 Å². The van der Waals surface area contributed by atoms with Gasteiger partial charge in [-0.3, -0.25) is 9.59 Å². The molecule has 0 bridgehead atoms. The van der Waals surface area contributed by atoms with Gasteiger partial charge in [0.2, 0.25) is 5.91 Å². The van der Waals surface area contributed by atoms with Gasteiger partial charge in [0.25, 0.3) is 5.91 Å². The van der Waals surface area contributed by atoms with Crippen molar-refractivity contribution in [1.82, 2.24) is 10.2 Å². The number of nitrogens with zero attached hydrogens (tertiary/aromatic N) is 1. The first-order valence-corrected chi connectivity index (χ1v) is 12.7. The molecule has 0 aromatic heterocycles. The molecule has 0 unspecified atom stereocenters. The Labute approximate surface area is 215 Å². The van der Waals surface area contributed by atoms with E-state index in [1.165, 1.54) is 5.56 Å². The van der Waals surface area contributed by atoms with Crippen LogP contribution >= 0.6 is 0 Å². The summed E-state index contributed by atoms with van der Waals surface area (Å²) in [6, 6.07) is 23.0. The van der Waals surface area contributed by atoms with E-state index in [4.69, 9.17) is 4.74 Å². The second-order valence-electron chi connectivity index (χ2n) is 9.57. The summed E-state index contributed by atoms with van der Waals surface area (Å²) in [7, 11) is 0. The zero-order valence-corrected chi connectivity index (χ0v) is 22.1. The van der Waals surface area contributed by atoms with E-state index in [0.717, 1.165) is 28.7 Å².